The topological polar surface area (TPSA) is 89.4 Å². The van der Waals surface area contributed by atoms with E-state index in [1.54, 1.807) is 12.1 Å². The molecule has 0 saturated heterocycles. The highest BCUT2D eigenvalue weighted by Crippen LogP contribution is 2.38. The molecule has 2 aromatic rings. The number of benzene rings is 2. The molecule has 0 spiro atoms. The molecular weight excluding hydrogens is 392 g/mol. The van der Waals surface area contributed by atoms with Gasteiger partial charge in [0.15, 0.2) is 11.5 Å². The summed E-state index contributed by atoms with van der Waals surface area (Å²) >= 11 is 3.30. The van der Waals surface area contributed by atoms with Gasteiger partial charge in [0.2, 0.25) is 5.75 Å². The molecule has 0 unspecified atom stereocenters. The summed E-state index contributed by atoms with van der Waals surface area (Å²) in [5.74, 6) is 0.698. The summed E-state index contributed by atoms with van der Waals surface area (Å²) in [6.07, 6.45) is 1.34. The van der Waals surface area contributed by atoms with E-state index in [-0.39, 0.29) is 11.3 Å². The lowest BCUT2D eigenvalue weighted by Gasteiger charge is -2.13. The number of hydrogen-bond acceptors (Lipinski definition) is 6. The van der Waals surface area contributed by atoms with E-state index in [0.717, 1.165) is 4.47 Å². The molecule has 0 bridgehead atoms. The van der Waals surface area contributed by atoms with E-state index in [9.17, 15) is 9.90 Å². The zero-order valence-corrected chi connectivity index (χ0v) is 15.5. The van der Waals surface area contributed by atoms with Crippen molar-refractivity contribution in [2.45, 2.75) is 0 Å². The number of aromatic hydroxyl groups is 1. The van der Waals surface area contributed by atoms with Gasteiger partial charge >= 0.3 is 0 Å². The van der Waals surface area contributed by atoms with Gasteiger partial charge in [-0.2, -0.15) is 5.10 Å². The van der Waals surface area contributed by atoms with Crippen molar-refractivity contribution < 1.29 is 24.1 Å². The molecule has 0 fully saturated rings. The number of ether oxygens (including phenoxy) is 3. The SMILES string of the molecule is COc1cc(C(=O)NN=Cc2cc(Br)ccc2O)cc(OC)c1OC. The van der Waals surface area contributed by atoms with Gasteiger partial charge in [-0.25, -0.2) is 5.43 Å². The summed E-state index contributed by atoms with van der Waals surface area (Å²) in [6, 6.07) is 7.92. The van der Waals surface area contributed by atoms with Crippen LogP contribution in [0.3, 0.4) is 0 Å². The van der Waals surface area contributed by atoms with Crippen molar-refractivity contribution >= 4 is 28.1 Å². The Hall–Kier alpha value is -2.74. The number of phenols is 1. The minimum absolute atomic E-state index is 0.0500. The van der Waals surface area contributed by atoms with Crippen LogP contribution in [0.4, 0.5) is 0 Å². The molecule has 0 aromatic heterocycles. The number of halogens is 1. The van der Waals surface area contributed by atoms with Crippen LogP contribution in [0.15, 0.2) is 39.9 Å². The predicted molar refractivity (Wildman–Crippen MR) is 97.0 cm³/mol. The minimum Gasteiger partial charge on any atom is -0.507 e. The Kier molecular flexibility index (Phi) is 6.24. The van der Waals surface area contributed by atoms with Crippen LogP contribution < -0.4 is 19.6 Å². The molecule has 0 aliphatic carbocycles. The van der Waals surface area contributed by atoms with E-state index < -0.39 is 5.91 Å². The average molecular weight is 409 g/mol. The van der Waals surface area contributed by atoms with E-state index in [0.29, 0.717) is 22.8 Å². The van der Waals surface area contributed by atoms with Crippen LogP contribution in [0.25, 0.3) is 0 Å². The number of hydrogen-bond donors (Lipinski definition) is 2. The zero-order valence-electron chi connectivity index (χ0n) is 13.9. The monoisotopic (exact) mass is 408 g/mol. The number of amides is 1. The zero-order chi connectivity index (χ0) is 18.4. The Bertz CT molecular complexity index is 783. The summed E-state index contributed by atoms with van der Waals surface area (Å²) in [4.78, 5) is 12.3. The maximum atomic E-state index is 12.3. The number of rotatable bonds is 6. The summed E-state index contributed by atoms with van der Waals surface area (Å²) < 4.78 is 16.4. The van der Waals surface area contributed by atoms with Crippen LogP contribution in [0.5, 0.6) is 23.0 Å². The van der Waals surface area contributed by atoms with Crippen molar-refractivity contribution in [1.29, 1.82) is 0 Å². The van der Waals surface area contributed by atoms with Crippen molar-refractivity contribution in [1.82, 2.24) is 5.43 Å². The van der Waals surface area contributed by atoms with Gasteiger partial charge < -0.3 is 19.3 Å². The lowest BCUT2D eigenvalue weighted by molar-refractivity contribution is 0.0954. The first-order valence-electron chi connectivity index (χ1n) is 7.12. The third kappa shape index (κ3) is 4.42. The number of hydrazone groups is 1. The van der Waals surface area contributed by atoms with E-state index in [1.165, 1.54) is 45.7 Å². The molecule has 0 aliphatic rings. The fraction of sp³-hybridized carbons (Fsp3) is 0.176. The number of methoxy groups -OCH3 is 3. The predicted octanol–water partition coefficient (Wildman–Crippen LogP) is 2.94. The first-order chi connectivity index (χ1) is 12.0. The Morgan fingerprint density at radius 1 is 1.12 bits per heavy atom. The van der Waals surface area contributed by atoms with E-state index >= 15 is 0 Å². The van der Waals surface area contributed by atoms with Crippen LogP contribution in [-0.2, 0) is 0 Å². The van der Waals surface area contributed by atoms with Gasteiger partial charge in [0.05, 0.1) is 27.5 Å². The van der Waals surface area contributed by atoms with Gasteiger partial charge in [-0.3, -0.25) is 4.79 Å². The number of nitrogens with one attached hydrogen (secondary N) is 1. The normalized spacial score (nSPS) is 10.6. The van der Waals surface area contributed by atoms with E-state index in [4.69, 9.17) is 14.2 Å². The molecule has 132 valence electrons. The summed E-state index contributed by atoms with van der Waals surface area (Å²) in [5, 5.41) is 13.6. The van der Waals surface area contributed by atoms with Crippen molar-refractivity contribution in [2.24, 2.45) is 5.10 Å². The first-order valence-corrected chi connectivity index (χ1v) is 7.91. The molecule has 0 heterocycles. The number of nitrogens with zero attached hydrogens (tertiary/aromatic N) is 1. The third-order valence-corrected chi connectivity index (χ3v) is 3.78. The smallest absolute Gasteiger partial charge is 0.271 e. The standard InChI is InChI=1S/C17H17BrN2O5/c1-23-14-7-10(8-15(24-2)16(14)25-3)17(22)20-19-9-11-6-12(18)4-5-13(11)21/h4-9,21H,1-3H3,(H,20,22). The van der Waals surface area contributed by atoms with Crippen molar-refractivity contribution in [3.05, 3.63) is 45.9 Å². The molecule has 0 aliphatic heterocycles. The molecule has 1 amide bonds. The lowest BCUT2D eigenvalue weighted by Crippen LogP contribution is -2.18. The summed E-state index contributed by atoms with van der Waals surface area (Å²) in [5.41, 5.74) is 3.13. The molecule has 2 aromatic carbocycles. The van der Waals surface area contributed by atoms with E-state index in [1.807, 2.05) is 0 Å². The van der Waals surface area contributed by atoms with Gasteiger partial charge in [0.25, 0.3) is 5.91 Å². The average Bonchev–Trinajstić information content (AvgIpc) is 2.62. The maximum Gasteiger partial charge on any atom is 0.271 e. The first kappa shape index (κ1) is 18.6. The molecule has 7 nitrogen and oxygen atoms in total. The highest BCUT2D eigenvalue weighted by Gasteiger charge is 2.16. The highest BCUT2D eigenvalue weighted by molar-refractivity contribution is 9.10. The molecule has 0 radical (unpaired) electrons. The summed E-state index contributed by atoms with van der Waals surface area (Å²) in [6.45, 7) is 0. The third-order valence-electron chi connectivity index (χ3n) is 3.29. The largest absolute Gasteiger partial charge is 0.507 e. The second kappa shape index (κ2) is 8.39. The Morgan fingerprint density at radius 3 is 2.32 bits per heavy atom. The Balaban J connectivity index is 2.20. The minimum atomic E-state index is -0.468. The second-order valence-corrected chi connectivity index (χ2v) is 5.73. The lowest BCUT2D eigenvalue weighted by atomic mass is 10.1. The highest BCUT2D eigenvalue weighted by atomic mass is 79.9. The Morgan fingerprint density at radius 2 is 1.76 bits per heavy atom. The van der Waals surface area contributed by atoms with Crippen LogP contribution in [0, 0.1) is 0 Å². The van der Waals surface area contributed by atoms with E-state index in [2.05, 4.69) is 26.5 Å². The fourth-order valence-electron chi connectivity index (χ4n) is 2.07. The molecule has 0 atom stereocenters. The van der Waals surface area contributed by atoms with Gasteiger partial charge in [0, 0.05) is 15.6 Å². The van der Waals surface area contributed by atoms with Crippen molar-refractivity contribution in [3.8, 4) is 23.0 Å². The van der Waals surface area contributed by atoms with Crippen LogP contribution in [-0.4, -0.2) is 38.6 Å². The number of carbonyl (C=O) groups excluding carboxylic acids is 1. The molecular formula is C17H17BrN2O5. The number of carbonyl (C=O) groups is 1. The van der Waals surface area contributed by atoms with Gasteiger partial charge in [0.1, 0.15) is 5.75 Å². The van der Waals surface area contributed by atoms with Crippen molar-refractivity contribution in [3.63, 3.8) is 0 Å². The quantitative estimate of drug-likeness (QED) is 0.566. The van der Waals surface area contributed by atoms with Crippen LogP contribution in [0.2, 0.25) is 0 Å². The molecule has 2 N–H and O–H groups in total. The molecule has 2 rings (SSSR count). The summed E-state index contributed by atoms with van der Waals surface area (Å²) in [7, 11) is 4.41. The van der Waals surface area contributed by atoms with Gasteiger partial charge in [-0.15, -0.1) is 0 Å². The maximum absolute atomic E-state index is 12.3. The van der Waals surface area contributed by atoms with Gasteiger partial charge in [-0.1, -0.05) is 15.9 Å². The van der Waals surface area contributed by atoms with Crippen LogP contribution >= 0.6 is 15.9 Å². The molecule has 0 saturated carbocycles. The van der Waals surface area contributed by atoms with Crippen molar-refractivity contribution in [2.75, 3.05) is 21.3 Å². The Labute approximate surface area is 153 Å². The molecule has 25 heavy (non-hydrogen) atoms. The second-order valence-electron chi connectivity index (χ2n) is 4.82. The van der Waals surface area contributed by atoms with Crippen LogP contribution in [0.1, 0.15) is 15.9 Å². The molecule has 8 heteroatoms. The van der Waals surface area contributed by atoms with Gasteiger partial charge in [-0.05, 0) is 30.3 Å². The number of phenolic OH excluding ortho intramolecular Hbond substituents is 1. The fourth-order valence-corrected chi connectivity index (χ4v) is 2.44.